The minimum Gasteiger partial charge on any atom is -0.444 e. The first-order chi connectivity index (χ1) is 9.72. The van der Waals surface area contributed by atoms with E-state index >= 15 is 0 Å². The quantitative estimate of drug-likeness (QED) is 0.761. The Labute approximate surface area is 113 Å². The van der Waals surface area contributed by atoms with Crippen LogP contribution in [0.1, 0.15) is 0 Å². The van der Waals surface area contributed by atoms with Crippen LogP contribution in [0, 0.1) is 5.82 Å². The number of hydrogen-bond acceptors (Lipinski definition) is 6. The molecule has 6 nitrogen and oxygen atoms in total. The molecule has 0 fully saturated rings. The van der Waals surface area contributed by atoms with Crippen molar-refractivity contribution in [2.24, 2.45) is 0 Å². The zero-order valence-electron chi connectivity index (χ0n) is 10.2. The molecule has 0 saturated carbocycles. The number of nitrogens with one attached hydrogen (secondary N) is 1. The van der Waals surface area contributed by atoms with Gasteiger partial charge in [-0.3, -0.25) is 0 Å². The summed E-state index contributed by atoms with van der Waals surface area (Å²) in [6, 6.07) is 7.38. The van der Waals surface area contributed by atoms with Crippen LogP contribution < -0.4 is 11.1 Å². The molecule has 0 radical (unpaired) electrons. The Balaban J connectivity index is 1.87. The van der Waals surface area contributed by atoms with Gasteiger partial charge in [-0.15, -0.1) is 0 Å². The zero-order chi connectivity index (χ0) is 13.9. The van der Waals surface area contributed by atoms with Crippen LogP contribution >= 0.6 is 0 Å². The van der Waals surface area contributed by atoms with E-state index in [1.54, 1.807) is 6.20 Å². The highest BCUT2D eigenvalue weighted by Crippen LogP contribution is 2.23. The summed E-state index contributed by atoms with van der Waals surface area (Å²) in [6.07, 6.45) is 4.00. The molecule has 0 spiro atoms. The third-order valence-corrected chi connectivity index (χ3v) is 2.61. The number of rotatable bonds is 3. The lowest BCUT2D eigenvalue weighted by Gasteiger charge is -2.06. The molecule has 3 rings (SSSR count). The minimum absolute atomic E-state index is 0.200. The molecule has 20 heavy (non-hydrogen) atoms. The molecule has 3 N–H and O–H groups in total. The van der Waals surface area contributed by atoms with Crippen molar-refractivity contribution < 1.29 is 8.81 Å². The molecule has 0 amide bonds. The fourth-order valence-corrected chi connectivity index (χ4v) is 1.68. The Hall–Kier alpha value is -2.96. The van der Waals surface area contributed by atoms with Crippen molar-refractivity contribution in [1.82, 2.24) is 15.0 Å². The molecule has 0 aliphatic heterocycles. The second kappa shape index (κ2) is 4.96. The Morgan fingerprint density at radius 2 is 2.15 bits per heavy atom. The first-order valence-electron chi connectivity index (χ1n) is 5.76. The Kier molecular flexibility index (Phi) is 3.00. The van der Waals surface area contributed by atoms with Crippen molar-refractivity contribution in [2.75, 3.05) is 11.1 Å². The summed E-state index contributed by atoms with van der Waals surface area (Å²) in [5.41, 5.74) is 6.97. The van der Waals surface area contributed by atoms with E-state index in [1.165, 1.54) is 6.39 Å². The largest absolute Gasteiger partial charge is 0.444 e. The van der Waals surface area contributed by atoms with Gasteiger partial charge in [-0.05, 0) is 12.1 Å². The number of nitrogen functional groups attached to an aromatic ring is 1. The molecule has 0 aliphatic carbocycles. The molecule has 2 aromatic heterocycles. The van der Waals surface area contributed by atoms with Gasteiger partial charge in [0, 0.05) is 11.3 Å². The topological polar surface area (TPSA) is 89.9 Å². The van der Waals surface area contributed by atoms with Crippen LogP contribution in [0.25, 0.3) is 11.3 Å². The second-order valence-corrected chi connectivity index (χ2v) is 4.00. The van der Waals surface area contributed by atoms with E-state index in [0.29, 0.717) is 5.76 Å². The number of hydrogen-bond donors (Lipinski definition) is 2. The molecule has 0 aliphatic rings. The zero-order valence-corrected chi connectivity index (χ0v) is 10.2. The van der Waals surface area contributed by atoms with E-state index in [2.05, 4.69) is 20.3 Å². The normalized spacial score (nSPS) is 10.4. The molecule has 1 aromatic carbocycles. The fourth-order valence-electron chi connectivity index (χ4n) is 1.68. The van der Waals surface area contributed by atoms with E-state index in [9.17, 15) is 4.39 Å². The summed E-state index contributed by atoms with van der Waals surface area (Å²) in [6.45, 7) is 0. The maximum absolute atomic E-state index is 13.0. The number of benzene rings is 1. The summed E-state index contributed by atoms with van der Waals surface area (Å²) in [5.74, 6) is 0.0201. The molecule has 2 heterocycles. The molecular formula is C13H10FN5O. The van der Waals surface area contributed by atoms with Gasteiger partial charge in [-0.25, -0.2) is 14.4 Å². The number of oxazole rings is 1. The SMILES string of the molecule is Nc1nc(Nc2cccc(-c3cnco3)c2)ncc1F. The number of halogens is 1. The van der Waals surface area contributed by atoms with Crippen LogP contribution in [-0.4, -0.2) is 15.0 Å². The molecular weight excluding hydrogens is 261 g/mol. The first-order valence-corrected chi connectivity index (χ1v) is 5.76. The van der Waals surface area contributed by atoms with E-state index in [0.717, 1.165) is 17.4 Å². The van der Waals surface area contributed by atoms with Crippen LogP contribution in [0.3, 0.4) is 0 Å². The average Bonchev–Trinajstić information content (AvgIpc) is 2.97. The van der Waals surface area contributed by atoms with Crippen molar-refractivity contribution in [2.45, 2.75) is 0 Å². The first kappa shape index (κ1) is 12.1. The predicted octanol–water partition coefficient (Wildman–Crippen LogP) is 2.60. The highest BCUT2D eigenvalue weighted by molar-refractivity contribution is 5.65. The smallest absolute Gasteiger partial charge is 0.229 e. The van der Waals surface area contributed by atoms with Gasteiger partial charge in [0.2, 0.25) is 5.95 Å². The molecule has 7 heteroatoms. The molecule has 0 atom stereocenters. The van der Waals surface area contributed by atoms with Gasteiger partial charge in [-0.1, -0.05) is 12.1 Å². The van der Waals surface area contributed by atoms with Gasteiger partial charge in [-0.2, -0.15) is 4.98 Å². The van der Waals surface area contributed by atoms with Gasteiger partial charge >= 0.3 is 0 Å². The van der Waals surface area contributed by atoms with Gasteiger partial charge in [0.15, 0.2) is 23.8 Å². The van der Waals surface area contributed by atoms with Crippen molar-refractivity contribution in [3.05, 3.63) is 48.9 Å². The summed E-state index contributed by atoms with van der Waals surface area (Å²) in [5, 5.41) is 2.94. The lowest BCUT2D eigenvalue weighted by Crippen LogP contribution is -2.02. The van der Waals surface area contributed by atoms with E-state index in [4.69, 9.17) is 10.2 Å². The van der Waals surface area contributed by atoms with Crippen molar-refractivity contribution >= 4 is 17.5 Å². The Bertz CT molecular complexity index is 729. The van der Waals surface area contributed by atoms with Crippen molar-refractivity contribution in [3.8, 4) is 11.3 Å². The highest BCUT2D eigenvalue weighted by Gasteiger charge is 2.06. The summed E-state index contributed by atoms with van der Waals surface area (Å²) in [7, 11) is 0. The Morgan fingerprint density at radius 3 is 2.90 bits per heavy atom. The van der Waals surface area contributed by atoms with Crippen LogP contribution in [0.15, 0.2) is 47.5 Å². The maximum atomic E-state index is 13.0. The van der Waals surface area contributed by atoms with Gasteiger partial charge in [0.1, 0.15) is 0 Å². The Morgan fingerprint density at radius 1 is 1.25 bits per heavy atom. The van der Waals surface area contributed by atoms with Gasteiger partial charge < -0.3 is 15.5 Å². The van der Waals surface area contributed by atoms with Gasteiger partial charge in [0.05, 0.1) is 12.4 Å². The van der Waals surface area contributed by atoms with E-state index in [1.807, 2.05) is 24.3 Å². The number of aromatic nitrogens is 3. The van der Waals surface area contributed by atoms with Gasteiger partial charge in [0.25, 0.3) is 0 Å². The molecule has 0 saturated heterocycles. The molecule has 0 unspecified atom stereocenters. The molecule has 3 aromatic rings. The highest BCUT2D eigenvalue weighted by atomic mass is 19.1. The third kappa shape index (κ3) is 2.41. The summed E-state index contributed by atoms with van der Waals surface area (Å²) >= 11 is 0. The lowest BCUT2D eigenvalue weighted by atomic mass is 10.1. The van der Waals surface area contributed by atoms with Crippen LogP contribution in [-0.2, 0) is 0 Å². The fraction of sp³-hybridized carbons (Fsp3) is 0. The lowest BCUT2D eigenvalue weighted by molar-refractivity contribution is 0.572. The number of anilines is 3. The van der Waals surface area contributed by atoms with Crippen LogP contribution in [0.2, 0.25) is 0 Å². The van der Waals surface area contributed by atoms with Crippen molar-refractivity contribution in [1.29, 1.82) is 0 Å². The average molecular weight is 271 g/mol. The summed E-state index contributed by atoms with van der Waals surface area (Å²) in [4.78, 5) is 11.5. The van der Waals surface area contributed by atoms with Crippen LogP contribution in [0.5, 0.6) is 0 Å². The predicted molar refractivity (Wildman–Crippen MR) is 71.6 cm³/mol. The monoisotopic (exact) mass is 271 g/mol. The molecule has 100 valence electrons. The van der Waals surface area contributed by atoms with E-state index in [-0.39, 0.29) is 11.8 Å². The summed E-state index contributed by atoms with van der Waals surface area (Å²) < 4.78 is 18.2. The maximum Gasteiger partial charge on any atom is 0.229 e. The standard InChI is InChI=1S/C13H10FN5O/c14-10-5-17-13(19-12(10)15)18-9-3-1-2-8(4-9)11-6-16-7-20-11/h1-7H,(H3,15,17,18,19). The third-order valence-electron chi connectivity index (χ3n) is 2.61. The van der Waals surface area contributed by atoms with E-state index < -0.39 is 5.82 Å². The molecule has 0 bridgehead atoms. The number of nitrogens with zero attached hydrogens (tertiary/aromatic N) is 3. The van der Waals surface area contributed by atoms with Crippen LogP contribution in [0.4, 0.5) is 21.8 Å². The second-order valence-electron chi connectivity index (χ2n) is 4.00. The minimum atomic E-state index is -0.647. The number of nitrogens with two attached hydrogens (primary N) is 1. The van der Waals surface area contributed by atoms with Crippen molar-refractivity contribution in [3.63, 3.8) is 0 Å².